The van der Waals surface area contributed by atoms with Crippen LogP contribution in [0.3, 0.4) is 0 Å². The van der Waals surface area contributed by atoms with E-state index in [0.29, 0.717) is 12.6 Å². The van der Waals surface area contributed by atoms with E-state index in [0.717, 1.165) is 13.1 Å². The first-order valence-electron chi connectivity index (χ1n) is 6.79. The summed E-state index contributed by atoms with van der Waals surface area (Å²) in [7, 11) is 3.82. The van der Waals surface area contributed by atoms with Gasteiger partial charge in [0, 0.05) is 26.2 Å². The molecule has 0 radical (unpaired) electrons. The summed E-state index contributed by atoms with van der Waals surface area (Å²) in [6.07, 6.45) is 2.59. The van der Waals surface area contributed by atoms with Crippen LogP contribution in [0.1, 0.15) is 24.0 Å². The molecular formula is C15H24N2O. The van der Waals surface area contributed by atoms with Gasteiger partial charge in [-0.15, -0.1) is 0 Å². The smallest absolute Gasteiger partial charge is 0.0716 e. The Morgan fingerprint density at radius 2 is 2.11 bits per heavy atom. The standard InChI is InChI=1S/C15H24N2O/c1-16-15-8-5-9-17(11-15)10-13-6-3-4-7-14(13)12-18-2/h3-4,6-7,15-16H,5,8-12H2,1-2H3. The second kappa shape index (κ2) is 6.88. The van der Waals surface area contributed by atoms with Crippen molar-refractivity contribution in [2.75, 3.05) is 27.2 Å². The van der Waals surface area contributed by atoms with E-state index in [1.165, 1.54) is 30.5 Å². The number of hydrogen-bond donors (Lipinski definition) is 1. The SMILES string of the molecule is CNC1CCCN(Cc2ccccc2COC)C1. The third-order valence-electron chi connectivity index (χ3n) is 3.73. The second-order valence-corrected chi connectivity index (χ2v) is 5.06. The van der Waals surface area contributed by atoms with Crippen LogP contribution in [0, 0.1) is 0 Å². The van der Waals surface area contributed by atoms with E-state index in [9.17, 15) is 0 Å². The molecule has 1 aliphatic rings. The van der Waals surface area contributed by atoms with Crippen molar-refractivity contribution in [1.29, 1.82) is 0 Å². The van der Waals surface area contributed by atoms with Gasteiger partial charge in [0.1, 0.15) is 0 Å². The Bertz CT molecular complexity index is 367. The topological polar surface area (TPSA) is 24.5 Å². The molecule has 3 nitrogen and oxygen atoms in total. The van der Waals surface area contributed by atoms with Crippen LogP contribution >= 0.6 is 0 Å². The molecule has 18 heavy (non-hydrogen) atoms. The fraction of sp³-hybridized carbons (Fsp3) is 0.600. The van der Waals surface area contributed by atoms with E-state index in [-0.39, 0.29) is 0 Å². The van der Waals surface area contributed by atoms with Gasteiger partial charge >= 0.3 is 0 Å². The average Bonchev–Trinajstić information content (AvgIpc) is 2.41. The monoisotopic (exact) mass is 248 g/mol. The summed E-state index contributed by atoms with van der Waals surface area (Å²) in [5.74, 6) is 0. The van der Waals surface area contributed by atoms with E-state index >= 15 is 0 Å². The summed E-state index contributed by atoms with van der Waals surface area (Å²) in [4.78, 5) is 2.54. The maximum absolute atomic E-state index is 5.27. The van der Waals surface area contributed by atoms with Gasteiger partial charge in [0.25, 0.3) is 0 Å². The molecule has 1 aliphatic heterocycles. The van der Waals surface area contributed by atoms with E-state index in [2.05, 4.69) is 41.5 Å². The van der Waals surface area contributed by atoms with Crippen LogP contribution in [0.2, 0.25) is 0 Å². The first kappa shape index (κ1) is 13.5. The van der Waals surface area contributed by atoms with Crippen molar-refractivity contribution in [3.63, 3.8) is 0 Å². The first-order chi connectivity index (χ1) is 8.83. The molecule has 1 aromatic carbocycles. The summed E-state index contributed by atoms with van der Waals surface area (Å²) in [5.41, 5.74) is 2.71. The Balaban J connectivity index is 1.99. The van der Waals surface area contributed by atoms with E-state index in [4.69, 9.17) is 4.74 Å². The lowest BCUT2D eigenvalue weighted by Crippen LogP contribution is -2.43. The molecule has 1 unspecified atom stereocenters. The van der Waals surface area contributed by atoms with Crippen LogP contribution in [0.25, 0.3) is 0 Å². The van der Waals surface area contributed by atoms with Gasteiger partial charge in [-0.1, -0.05) is 24.3 Å². The molecule has 1 atom stereocenters. The van der Waals surface area contributed by atoms with Crippen LogP contribution in [-0.4, -0.2) is 38.2 Å². The predicted octanol–water partition coefficient (Wildman–Crippen LogP) is 2.02. The molecule has 0 bridgehead atoms. The molecular weight excluding hydrogens is 224 g/mol. The average molecular weight is 248 g/mol. The molecule has 0 amide bonds. The molecule has 1 N–H and O–H groups in total. The fourth-order valence-corrected chi connectivity index (χ4v) is 2.68. The summed E-state index contributed by atoms with van der Waals surface area (Å²) in [6, 6.07) is 9.24. The van der Waals surface area contributed by atoms with Crippen molar-refractivity contribution < 1.29 is 4.74 Å². The van der Waals surface area contributed by atoms with Crippen molar-refractivity contribution in [3.05, 3.63) is 35.4 Å². The minimum atomic E-state index is 0.647. The molecule has 2 rings (SSSR count). The Kier molecular flexibility index (Phi) is 5.17. The Labute approximate surface area is 110 Å². The molecule has 1 saturated heterocycles. The van der Waals surface area contributed by atoms with Gasteiger partial charge < -0.3 is 10.1 Å². The van der Waals surface area contributed by atoms with Gasteiger partial charge in [0.15, 0.2) is 0 Å². The minimum Gasteiger partial charge on any atom is -0.380 e. The molecule has 1 fully saturated rings. The van der Waals surface area contributed by atoms with Gasteiger partial charge in [-0.2, -0.15) is 0 Å². The van der Waals surface area contributed by atoms with Crippen molar-refractivity contribution >= 4 is 0 Å². The number of likely N-dealkylation sites (N-methyl/N-ethyl adjacent to an activating group) is 1. The number of likely N-dealkylation sites (tertiary alicyclic amines) is 1. The van der Waals surface area contributed by atoms with E-state index in [1.54, 1.807) is 7.11 Å². The van der Waals surface area contributed by atoms with Gasteiger partial charge in [-0.05, 0) is 37.6 Å². The zero-order valence-corrected chi connectivity index (χ0v) is 11.5. The van der Waals surface area contributed by atoms with Crippen molar-refractivity contribution in [1.82, 2.24) is 10.2 Å². The largest absolute Gasteiger partial charge is 0.380 e. The maximum Gasteiger partial charge on any atom is 0.0716 e. The molecule has 1 heterocycles. The molecule has 3 heteroatoms. The number of rotatable bonds is 5. The predicted molar refractivity (Wildman–Crippen MR) is 74.5 cm³/mol. The normalized spacial score (nSPS) is 21.1. The number of nitrogens with one attached hydrogen (secondary N) is 1. The number of hydrogen-bond acceptors (Lipinski definition) is 3. The van der Waals surface area contributed by atoms with Crippen LogP contribution in [-0.2, 0) is 17.9 Å². The quantitative estimate of drug-likeness (QED) is 0.863. The van der Waals surface area contributed by atoms with Crippen LogP contribution in [0.15, 0.2) is 24.3 Å². The Morgan fingerprint density at radius 3 is 2.83 bits per heavy atom. The molecule has 0 aromatic heterocycles. The number of nitrogens with zero attached hydrogens (tertiary/aromatic N) is 1. The first-order valence-corrected chi connectivity index (χ1v) is 6.79. The number of piperidine rings is 1. The van der Waals surface area contributed by atoms with Gasteiger partial charge in [0.05, 0.1) is 6.61 Å². The van der Waals surface area contributed by atoms with Crippen LogP contribution in [0.5, 0.6) is 0 Å². The third-order valence-corrected chi connectivity index (χ3v) is 3.73. The summed E-state index contributed by atoms with van der Waals surface area (Å²) in [6.45, 7) is 4.11. The van der Waals surface area contributed by atoms with E-state index in [1.807, 2.05) is 0 Å². The molecule has 100 valence electrons. The highest BCUT2D eigenvalue weighted by atomic mass is 16.5. The van der Waals surface area contributed by atoms with Crippen molar-refractivity contribution in [2.45, 2.75) is 32.0 Å². The summed E-state index contributed by atoms with van der Waals surface area (Å²) < 4.78 is 5.27. The number of ether oxygens (including phenoxy) is 1. The van der Waals surface area contributed by atoms with Gasteiger partial charge in [-0.25, -0.2) is 0 Å². The lowest BCUT2D eigenvalue weighted by Gasteiger charge is -2.33. The number of methoxy groups -OCH3 is 1. The number of benzene rings is 1. The maximum atomic E-state index is 5.27. The zero-order valence-electron chi connectivity index (χ0n) is 11.5. The molecule has 0 saturated carbocycles. The highest BCUT2D eigenvalue weighted by Gasteiger charge is 2.18. The zero-order chi connectivity index (χ0) is 12.8. The Morgan fingerprint density at radius 1 is 1.33 bits per heavy atom. The molecule has 0 aliphatic carbocycles. The summed E-state index contributed by atoms with van der Waals surface area (Å²) >= 11 is 0. The van der Waals surface area contributed by atoms with Crippen molar-refractivity contribution in [2.24, 2.45) is 0 Å². The Hall–Kier alpha value is -0.900. The minimum absolute atomic E-state index is 0.647. The fourth-order valence-electron chi connectivity index (χ4n) is 2.68. The third kappa shape index (κ3) is 3.55. The second-order valence-electron chi connectivity index (χ2n) is 5.06. The van der Waals surface area contributed by atoms with E-state index < -0.39 is 0 Å². The lowest BCUT2D eigenvalue weighted by molar-refractivity contribution is 0.174. The molecule has 1 aromatic rings. The molecule has 0 spiro atoms. The van der Waals surface area contributed by atoms with Crippen molar-refractivity contribution in [3.8, 4) is 0 Å². The lowest BCUT2D eigenvalue weighted by atomic mass is 10.0. The van der Waals surface area contributed by atoms with Crippen LogP contribution < -0.4 is 5.32 Å². The van der Waals surface area contributed by atoms with Gasteiger partial charge in [-0.3, -0.25) is 4.90 Å². The van der Waals surface area contributed by atoms with Crippen LogP contribution in [0.4, 0.5) is 0 Å². The summed E-state index contributed by atoms with van der Waals surface area (Å²) in [5, 5.41) is 3.39. The van der Waals surface area contributed by atoms with Gasteiger partial charge in [0.2, 0.25) is 0 Å². The highest BCUT2D eigenvalue weighted by Crippen LogP contribution is 2.16. The highest BCUT2D eigenvalue weighted by molar-refractivity contribution is 5.26.